The fraction of sp³-hybridized carbons (Fsp3) is 0.143. The molecule has 0 aromatic heterocycles. The first-order valence-electron chi connectivity index (χ1n) is 8.58. The third-order valence-electron chi connectivity index (χ3n) is 4.87. The Morgan fingerprint density at radius 3 is 1.38 bits per heavy atom. The molecule has 0 aliphatic heterocycles. The predicted molar refractivity (Wildman–Crippen MR) is 99.8 cm³/mol. The zero-order chi connectivity index (χ0) is 21.5. The van der Waals surface area contributed by atoms with Crippen molar-refractivity contribution in [2.24, 2.45) is 0 Å². The molecule has 0 radical (unpaired) electrons. The normalized spacial score (nSPS) is 10.9. The third-order valence-corrected chi connectivity index (χ3v) is 8.37. The molecule has 0 saturated heterocycles. The molecular weight excluding hydrogens is 409 g/mol. The highest BCUT2D eigenvalue weighted by Crippen LogP contribution is 2.19. The van der Waals surface area contributed by atoms with Gasteiger partial charge in [-0.2, -0.15) is 0 Å². The summed E-state index contributed by atoms with van der Waals surface area (Å²) in [4.78, 5) is 0. The lowest BCUT2D eigenvalue weighted by Gasteiger charge is -2.21. The van der Waals surface area contributed by atoms with Gasteiger partial charge in [0.05, 0.1) is 7.11 Å². The Bertz CT molecular complexity index is 1040. The zero-order valence-electron chi connectivity index (χ0n) is 15.7. The quantitative estimate of drug-likeness (QED) is 0.459. The van der Waals surface area contributed by atoms with Crippen LogP contribution < -0.4 is 18.0 Å². The van der Waals surface area contributed by atoms with Crippen LogP contribution in [0.5, 0.6) is 5.75 Å². The van der Waals surface area contributed by atoms with Crippen LogP contribution in [0.25, 0.3) is 0 Å². The molecule has 150 valence electrons. The Labute approximate surface area is 167 Å². The van der Waals surface area contributed by atoms with E-state index in [2.05, 4.69) is 0 Å². The molecule has 0 bridgehead atoms. The monoisotopic (exact) mass is 424 g/mol. The van der Waals surface area contributed by atoms with Gasteiger partial charge in [0.25, 0.3) is 0 Å². The maximum absolute atomic E-state index is 14.4. The summed E-state index contributed by atoms with van der Waals surface area (Å²) in [5.74, 6) is -5.87. The van der Waals surface area contributed by atoms with E-state index in [0.717, 1.165) is 25.3 Å². The first-order chi connectivity index (χ1) is 13.6. The summed E-state index contributed by atoms with van der Waals surface area (Å²) in [6, 6.07) is 4.98. The summed E-state index contributed by atoms with van der Waals surface area (Å²) < 4.78 is 90.4. The molecule has 0 atom stereocenters. The van der Waals surface area contributed by atoms with Gasteiger partial charge in [0.2, 0.25) is 0 Å². The molecule has 0 N–H and O–H groups in total. The standard InChI is InChI=1S/C7H5F2O.2C7H5F2.Al/c1-10-7-3-2-5(8)4-6(7)9;2*1-5-2-3-6(8)4-7(5)9;/h2,4H,1H3;2*3-4H,1H3;. The lowest BCUT2D eigenvalue weighted by Crippen LogP contribution is -2.55. The van der Waals surface area contributed by atoms with Crippen LogP contribution >= 0.6 is 0 Å². The molecule has 29 heavy (non-hydrogen) atoms. The average Bonchev–Trinajstić information content (AvgIpc) is 2.62. The van der Waals surface area contributed by atoms with Gasteiger partial charge < -0.3 is 4.74 Å². The van der Waals surface area contributed by atoms with E-state index in [4.69, 9.17) is 4.74 Å². The van der Waals surface area contributed by atoms with E-state index < -0.39 is 49.1 Å². The molecule has 0 heterocycles. The Balaban J connectivity index is 2.46. The second-order valence-electron chi connectivity index (χ2n) is 6.65. The number of halogens is 6. The smallest absolute Gasteiger partial charge is 0.391 e. The molecule has 0 amide bonds. The summed E-state index contributed by atoms with van der Waals surface area (Å²) in [5, 5.41) is 0. The average molecular weight is 424 g/mol. The maximum atomic E-state index is 14.4. The van der Waals surface area contributed by atoms with Crippen molar-refractivity contribution in [2.45, 2.75) is 13.8 Å². The Morgan fingerprint density at radius 1 is 0.586 bits per heavy atom. The molecule has 8 heteroatoms. The van der Waals surface area contributed by atoms with Gasteiger partial charge in [-0.1, -0.05) is 13.3 Å². The molecule has 0 saturated carbocycles. The van der Waals surface area contributed by atoms with E-state index in [-0.39, 0.29) is 30.2 Å². The van der Waals surface area contributed by atoms with Crippen LogP contribution in [0, 0.1) is 48.8 Å². The van der Waals surface area contributed by atoms with Crippen molar-refractivity contribution in [3.8, 4) is 5.75 Å². The van der Waals surface area contributed by atoms with Gasteiger partial charge in [-0.05, 0) is 43.2 Å². The minimum Gasteiger partial charge on any atom is -0.495 e. The lowest BCUT2D eigenvalue weighted by atomic mass is 10.2. The largest absolute Gasteiger partial charge is 0.495 e. The Hall–Kier alpha value is -2.43. The fourth-order valence-electron chi connectivity index (χ4n) is 3.44. The van der Waals surface area contributed by atoms with Crippen molar-refractivity contribution in [2.75, 3.05) is 7.11 Å². The molecule has 0 unspecified atom stereocenters. The van der Waals surface area contributed by atoms with Crippen molar-refractivity contribution in [1.29, 1.82) is 0 Å². The van der Waals surface area contributed by atoms with Gasteiger partial charge in [-0.3, -0.25) is 0 Å². The fourth-order valence-corrected chi connectivity index (χ4v) is 7.09. The zero-order valence-corrected chi connectivity index (χ0v) is 16.9. The highest BCUT2D eigenvalue weighted by Gasteiger charge is 2.35. The number of methoxy groups -OCH3 is 1. The highest BCUT2D eigenvalue weighted by molar-refractivity contribution is 6.96. The summed E-state index contributed by atoms with van der Waals surface area (Å²) in [5.41, 5.74) is 0.0534. The second kappa shape index (κ2) is 8.13. The van der Waals surface area contributed by atoms with E-state index in [9.17, 15) is 26.3 Å². The van der Waals surface area contributed by atoms with Crippen molar-refractivity contribution in [3.05, 3.63) is 82.4 Å². The number of hydrogen-bond acceptors (Lipinski definition) is 1. The van der Waals surface area contributed by atoms with Crippen LogP contribution in [0.15, 0.2) is 36.4 Å². The predicted octanol–water partition coefficient (Wildman–Crippen LogP) is 3.66. The Morgan fingerprint density at radius 2 is 0.966 bits per heavy atom. The number of benzene rings is 3. The first kappa shape index (κ1) is 21.3. The highest BCUT2D eigenvalue weighted by atomic mass is 27.2. The molecule has 1 nitrogen and oxygen atoms in total. The van der Waals surface area contributed by atoms with Crippen molar-refractivity contribution in [1.82, 2.24) is 0 Å². The van der Waals surface area contributed by atoms with Gasteiger partial charge in [-0.25, -0.2) is 26.3 Å². The van der Waals surface area contributed by atoms with Gasteiger partial charge in [-0.15, -0.1) is 0 Å². The van der Waals surface area contributed by atoms with Crippen molar-refractivity contribution >= 4 is 27.4 Å². The SMILES string of the molecule is COc1c(F)cc(F)c[c]1[Al]([c]1cc(F)cc(F)c1C)[c]1cc(F)cc(F)c1C. The van der Waals surface area contributed by atoms with Crippen LogP contribution in [0.3, 0.4) is 0 Å². The molecule has 0 spiro atoms. The van der Waals surface area contributed by atoms with Crippen LogP contribution in [0.2, 0.25) is 0 Å². The first-order valence-corrected chi connectivity index (χ1v) is 10.3. The maximum Gasteiger partial charge on any atom is 0.391 e. The Kier molecular flexibility index (Phi) is 5.97. The number of ether oxygens (including phenoxy) is 1. The summed E-state index contributed by atoms with van der Waals surface area (Å²) in [6.07, 6.45) is 0. The number of rotatable bonds is 4. The molecule has 0 aliphatic rings. The lowest BCUT2D eigenvalue weighted by molar-refractivity contribution is 0.387. The van der Waals surface area contributed by atoms with Gasteiger partial charge in [0.15, 0.2) is 5.82 Å². The van der Waals surface area contributed by atoms with Crippen LogP contribution in [0.4, 0.5) is 26.3 Å². The van der Waals surface area contributed by atoms with Crippen molar-refractivity contribution in [3.63, 3.8) is 0 Å². The van der Waals surface area contributed by atoms with E-state index in [1.807, 2.05) is 0 Å². The molecule has 0 fully saturated rings. The van der Waals surface area contributed by atoms with E-state index in [0.29, 0.717) is 18.2 Å². The van der Waals surface area contributed by atoms with E-state index in [1.165, 1.54) is 13.8 Å². The third kappa shape index (κ3) is 4.00. The molecular formula is C21H15AlF6O. The van der Waals surface area contributed by atoms with E-state index in [1.54, 1.807) is 0 Å². The van der Waals surface area contributed by atoms with Crippen LogP contribution in [-0.4, -0.2) is 21.3 Å². The number of hydrogen-bond donors (Lipinski definition) is 0. The van der Waals surface area contributed by atoms with Crippen LogP contribution in [-0.2, 0) is 0 Å². The second-order valence-corrected chi connectivity index (χ2v) is 9.38. The molecule has 3 aromatic carbocycles. The summed E-state index contributed by atoms with van der Waals surface area (Å²) in [7, 11) is 1.16. The topological polar surface area (TPSA) is 9.23 Å². The van der Waals surface area contributed by atoms with Gasteiger partial charge in [0.1, 0.15) is 34.8 Å². The summed E-state index contributed by atoms with van der Waals surface area (Å²) >= 11 is -3.18. The minimum absolute atomic E-state index is 0.0220. The summed E-state index contributed by atoms with van der Waals surface area (Å²) in [6.45, 7) is 2.74. The molecule has 0 aliphatic carbocycles. The molecule has 3 rings (SSSR count). The minimum atomic E-state index is -3.18. The van der Waals surface area contributed by atoms with E-state index >= 15 is 0 Å². The molecule has 3 aromatic rings. The van der Waals surface area contributed by atoms with Gasteiger partial charge >= 0.3 is 14.1 Å². The van der Waals surface area contributed by atoms with Crippen LogP contribution in [0.1, 0.15) is 11.1 Å². The van der Waals surface area contributed by atoms with Crippen molar-refractivity contribution < 1.29 is 31.1 Å². The van der Waals surface area contributed by atoms with Gasteiger partial charge in [0, 0.05) is 18.2 Å².